The quantitative estimate of drug-likeness (QED) is 0.689. The SMILES string of the molecule is C=C1N(C)c2ccc(C=Cc3ccccc3)cc2C1(C)C. The predicted molar refractivity (Wildman–Crippen MR) is 92.4 cm³/mol. The van der Waals surface area contributed by atoms with Crippen LogP contribution in [-0.2, 0) is 5.41 Å². The van der Waals surface area contributed by atoms with Crippen molar-refractivity contribution in [3.63, 3.8) is 0 Å². The second-order valence-corrected chi connectivity index (χ2v) is 6.15. The Labute approximate surface area is 127 Å². The van der Waals surface area contributed by atoms with Gasteiger partial charge in [0.05, 0.1) is 0 Å². The molecule has 0 unspecified atom stereocenters. The lowest BCUT2D eigenvalue weighted by molar-refractivity contribution is 0.643. The van der Waals surface area contributed by atoms with Gasteiger partial charge in [-0.3, -0.25) is 0 Å². The van der Waals surface area contributed by atoms with Gasteiger partial charge in [0.15, 0.2) is 0 Å². The van der Waals surface area contributed by atoms with Crippen molar-refractivity contribution in [2.45, 2.75) is 19.3 Å². The van der Waals surface area contributed by atoms with Crippen molar-refractivity contribution >= 4 is 17.8 Å². The standard InChI is InChI=1S/C20H21N/c1-15-20(2,3)18-14-17(12-13-19(18)21(15)4)11-10-16-8-6-5-7-9-16/h5-14H,1H2,2-4H3. The Kier molecular flexibility index (Phi) is 3.21. The maximum Gasteiger partial charge on any atom is 0.0448 e. The van der Waals surface area contributed by atoms with Crippen LogP contribution in [0.1, 0.15) is 30.5 Å². The van der Waals surface area contributed by atoms with Crippen LogP contribution in [0.25, 0.3) is 12.2 Å². The van der Waals surface area contributed by atoms with Crippen LogP contribution in [0.3, 0.4) is 0 Å². The Morgan fingerprint density at radius 1 is 0.952 bits per heavy atom. The molecule has 0 aliphatic carbocycles. The van der Waals surface area contributed by atoms with E-state index in [4.69, 9.17) is 0 Å². The summed E-state index contributed by atoms with van der Waals surface area (Å²) >= 11 is 0. The number of nitrogens with zero attached hydrogens (tertiary/aromatic N) is 1. The first kappa shape index (κ1) is 13.7. The summed E-state index contributed by atoms with van der Waals surface area (Å²) in [6.07, 6.45) is 4.33. The van der Waals surface area contributed by atoms with Gasteiger partial charge in [-0.05, 0) is 28.8 Å². The van der Waals surface area contributed by atoms with Crippen LogP contribution in [0.5, 0.6) is 0 Å². The number of benzene rings is 2. The molecule has 1 heteroatoms. The van der Waals surface area contributed by atoms with Crippen LogP contribution in [0, 0.1) is 0 Å². The molecule has 1 aliphatic rings. The molecule has 21 heavy (non-hydrogen) atoms. The largest absolute Gasteiger partial charge is 0.348 e. The van der Waals surface area contributed by atoms with Crippen LogP contribution in [-0.4, -0.2) is 7.05 Å². The average molecular weight is 275 g/mol. The zero-order valence-electron chi connectivity index (χ0n) is 12.9. The lowest BCUT2D eigenvalue weighted by Crippen LogP contribution is -2.21. The third-order valence-electron chi connectivity index (χ3n) is 4.45. The maximum atomic E-state index is 4.23. The van der Waals surface area contributed by atoms with Gasteiger partial charge in [-0.2, -0.15) is 0 Å². The van der Waals surface area contributed by atoms with Gasteiger partial charge in [0.25, 0.3) is 0 Å². The zero-order chi connectivity index (χ0) is 15.0. The summed E-state index contributed by atoms with van der Waals surface area (Å²) in [7, 11) is 2.09. The molecular weight excluding hydrogens is 254 g/mol. The Morgan fingerprint density at radius 2 is 1.62 bits per heavy atom. The lowest BCUT2D eigenvalue weighted by Gasteiger charge is -2.22. The first-order valence-corrected chi connectivity index (χ1v) is 7.31. The molecule has 0 amide bonds. The molecule has 0 saturated carbocycles. The Balaban J connectivity index is 1.96. The van der Waals surface area contributed by atoms with Crippen LogP contribution >= 0.6 is 0 Å². The first-order chi connectivity index (χ1) is 10.00. The molecule has 0 aromatic heterocycles. The fourth-order valence-corrected chi connectivity index (χ4v) is 2.93. The van der Waals surface area contributed by atoms with E-state index in [-0.39, 0.29) is 5.41 Å². The summed E-state index contributed by atoms with van der Waals surface area (Å²) in [6.45, 7) is 8.71. The molecule has 0 N–H and O–H groups in total. The zero-order valence-corrected chi connectivity index (χ0v) is 12.9. The maximum absolute atomic E-state index is 4.23. The van der Waals surface area contributed by atoms with Crippen molar-refractivity contribution in [3.05, 3.63) is 77.5 Å². The van der Waals surface area contributed by atoms with Gasteiger partial charge < -0.3 is 4.90 Å². The van der Waals surface area contributed by atoms with E-state index in [1.54, 1.807) is 0 Å². The topological polar surface area (TPSA) is 3.24 Å². The van der Waals surface area contributed by atoms with E-state index in [9.17, 15) is 0 Å². The van der Waals surface area contributed by atoms with Crippen molar-refractivity contribution in [2.24, 2.45) is 0 Å². The highest BCUT2D eigenvalue weighted by atomic mass is 15.1. The summed E-state index contributed by atoms with van der Waals surface area (Å²) in [5.41, 5.74) is 6.22. The molecule has 0 radical (unpaired) electrons. The molecule has 0 atom stereocenters. The fourth-order valence-electron chi connectivity index (χ4n) is 2.93. The van der Waals surface area contributed by atoms with Crippen molar-refractivity contribution in [3.8, 4) is 0 Å². The molecule has 1 aliphatic heterocycles. The summed E-state index contributed by atoms with van der Waals surface area (Å²) in [4.78, 5) is 2.19. The minimum Gasteiger partial charge on any atom is -0.348 e. The number of rotatable bonds is 2. The van der Waals surface area contributed by atoms with E-state index in [0.29, 0.717) is 0 Å². The van der Waals surface area contributed by atoms with Gasteiger partial charge in [-0.25, -0.2) is 0 Å². The van der Waals surface area contributed by atoms with Crippen LogP contribution in [0.15, 0.2) is 60.8 Å². The predicted octanol–water partition coefficient (Wildman–Crippen LogP) is 5.10. The Hall–Kier alpha value is -2.28. The molecule has 0 bridgehead atoms. The van der Waals surface area contributed by atoms with Gasteiger partial charge in [0.1, 0.15) is 0 Å². The number of fused-ring (bicyclic) bond motifs is 1. The molecule has 0 fully saturated rings. The summed E-state index contributed by atoms with van der Waals surface area (Å²) in [6, 6.07) is 17.0. The molecule has 2 aromatic rings. The second kappa shape index (κ2) is 4.92. The normalized spacial score (nSPS) is 16.5. The Morgan fingerprint density at radius 3 is 2.33 bits per heavy atom. The summed E-state index contributed by atoms with van der Waals surface area (Å²) < 4.78 is 0. The van der Waals surface area contributed by atoms with Crippen molar-refractivity contribution < 1.29 is 0 Å². The van der Waals surface area contributed by atoms with Gasteiger partial charge in [0, 0.05) is 23.8 Å². The average Bonchev–Trinajstić information content (AvgIpc) is 2.67. The highest BCUT2D eigenvalue weighted by Gasteiger charge is 2.36. The third-order valence-corrected chi connectivity index (χ3v) is 4.45. The highest BCUT2D eigenvalue weighted by molar-refractivity contribution is 5.75. The number of anilines is 1. The first-order valence-electron chi connectivity index (χ1n) is 7.31. The number of hydrogen-bond donors (Lipinski definition) is 0. The Bertz CT molecular complexity index is 708. The van der Waals surface area contributed by atoms with Crippen LogP contribution in [0.2, 0.25) is 0 Å². The van der Waals surface area contributed by atoms with E-state index >= 15 is 0 Å². The third kappa shape index (κ3) is 2.29. The van der Waals surface area contributed by atoms with E-state index in [2.05, 4.69) is 87.0 Å². The smallest absolute Gasteiger partial charge is 0.0448 e. The van der Waals surface area contributed by atoms with Gasteiger partial charge in [-0.15, -0.1) is 0 Å². The minimum absolute atomic E-state index is 0.000675. The molecular formula is C20H21N. The van der Waals surface area contributed by atoms with Crippen molar-refractivity contribution in [2.75, 3.05) is 11.9 Å². The second-order valence-electron chi connectivity index (χ2n) is 6.15. The van der Waals surface area contributed by atoms with E-state index < -0.39 is 0 Å². The van der Waals surface area contributed by atoms with Gasteiger partial charge >= 0.3 is 0 Å². The molecule has 106 valence electrons. The van der Waals surface area contributed by atoms with Gasteiger partial charge in [0.2, 0.25) is 0 Å². The fraction of sp³-hybridized carbons (Fsp3) is 0.200. The van der Waals surface area contributed by atoms with Crippen molar-refractivity contribution in [1.29, 1.82) is 0 Å². The number of likely N-dealkylation sites (N-methyl/N-ethyl adjacent to an activating group) is 1. The minimum atomic E-state index is 0.000675. The van der Waals surface area contributed by atoms with Gasteiger partial charge in [-0.1, -0.05) is 69.0 Å². The molecule has 3 rings (SSSR count). The van der Waals surface area contributed by atoms with Crippen LogP contribution in [0.4, 0.5) is 5.69 Å². The van der Waals surface area contributed by atoms with E-state index in [0.717, 1.165) is 5.70 Å². The summed E-state index contributed by atoms with van der Waals surface area (Å²) in [5.74, 6) is 0. The highest BCUT2D eigenvalue weighted by Crippen LogP contribution is 2.46. The van der Waals surface area contributed by atoms with Crippen LogP contribution < -0.4 is 4.90 Å². The molecule has 1 nitrogen and oxygen atoms in total. The monoisotopic (exact) mass is 275 g/mol. The molecule has 2 aromatic carbocycles. The molecule has 0 saturated heterocycles. The molecule has 1 heterocycles. The van der Waals surface area contributed by atoms with E-state index in [1.165, 1.54) is 22.4 Å². The van der Waals surface area contributed by atoms with Crippen molar-refractivity contribution in [1.82, 2.24) is 0 Å². The number of allylic oxidation sites excluding steroid dienone is 1. The van der Waals surface area contributed by atoms with E-state index in [1.807, 2.05) is 6.07 Å². The molecule has 0 spiro atoms. The lowest BCUT2D eigenvalue weighted by atomic mass is 9.84. The summed E-state index contributed by atoms with van der Waals surface area (Å²) in [5, 5.41) is 0. The number of hydrogen-bond acceptors (Lipinski definition) is 1.